The summed E-state index contributed by atoms with van der Waals surface area (Å²) in [6, 6.07) is 13.2. The van der Waals surface area contributed by atoms with Gasteiger partial charge in [-0.05, 0) is 55.0 Å². The van der Waals surface area contributed by atoms with Gasteiger partial charge in [0.05, 0.1) is 18.3 Å². The molecular weight excluding hydrogens is 359 g/mol. The van der Waals surface area contributed by atoms with Gasteiger partial charge in [-0.25, -0.2) is 9.18 Å². The molecule has 0 atom stereocenters. The largest absolute Gasteiger partial charge is 0.465 e. The van der Waals surface area contributed by atoms with Crippen LogP contribution in [-0.2, 0) is 14.3 Å². The van der Waals surface area contributed by atoms with Crippen molar-refractivity contribution in [2.45, 2.75) is 6.92 Å². The molecule has 1 amide bonds. The fourth-order valence-corrected chi connectivity index (χ4v) is 3.12. The average molecular weight is 380 g/mol. The van der Waals surface area contributed by atoms with Crippen molar-refractivity contribution in [1.82, 2.24) is 0 Å². The van der Waals surface area contributed by atoms with E-state index in [0.717, 1.165) is 11.3 Å². The van der Waals surface area contributed by atoms with Crippen LogP contribution >= 0.6 is 0 Å². The number of anilines is 2. The van der Waals surface area contributed by atoms with Crippen molar-refractivity contribution in [3.05, 3.63) is 76.8 Å². The first-order valence-electron chi connectivity index (χ1n) is 8.72. The van der Waals surface area contributed by atoms with Crippen LogP contribution in [0.1, 0.15) is 12.5 Å². The molecule has 1 aliphatic heterocycles. The minimum Gasteiger partial charge on any atom is -0.465 e. The van der Waals surface area contributed by atoms with Crippen LogP contribution in [0.25, 0.3) is 6.08 Å². The number of methoxy groups -OCH3 is 1. The number of benzene rings is 2. The molecule has 0 unspecified atom stereocenters. The molecule has 0 fully saturated rings. The number of hydrogen-bond donors (Lipinski definition) is 0. The van der Waals surface area contributed by atoms with Gasteiger partial charge in [0.25, 0.3) is 5.91 Å². The zero-order valence-electron chi connectivity index (χ0n) is 16.2. The molecule has 2 aromatic carbocycles. The summed E-state index contributed by atoms with van der Waals surface area (Å²) in [5.74, 6) is -1.35. The van der Waals surface area contributed by atoms with Gasteiger partial charge in [-0.15, -0.1) is 0 Å². The smallest absolute Gasteiger partial charge is 0.340 e. The molecule has 1 heterocycles. The number of esters is 1. The van der Waals surface area contributed by atoms with Crippen LogP contribution in [0.4, 0.5) is 15.8 Å². The maximum absolute atomic E-state index is 13.3. The van der Waals surface area contributed by atoms with E-state index in [4.69, 9.17) is 4.74 Å². The molecule has 0 bridgehead atoms. The van der Waals surface area contributed by atoms with E-state index in [-0.39, 0.29) is 17.1 Å². The van der Waals surface area contributed by atoms with E-state index in [1.807, 2.05) is 43.3 Å². The minimum atomic E-state index is -0.591. The Labute approximate surface area is 163 Å². The molecule has 0 saturated heterocycles. The van der Waals surface area contributed by atoms with Crippen LogP contribution in [0.3, 0.4) is 0 Å². The van der Waals surface area contributed by atoms with Gasteiger partial charge in [-0.3, -0.25) is 9.69 Å². The summed E-state index contributed by atoms with van der Waals surface area (Å²) in [7, 11) is 5.16. The van der Waals surface area contributed by atoms with Gasteiger partial charge >= 0.3 is 5.97 Å². The fraction of sp³-hybridized carbons (Fsp3) is 0.182. The number of nitrogens with zero attached hydrogens (tertiary/aromatic N) is 2. The second-order valence-corrected chi connectivity index (χ2v) is 6.61. The van der Waals surface area contributed by atoms with Crippen molar-refractivity contribution >= 4 is 29.3 Å². The SMILES string of the molecule is COC(=O)C1=C(C)N(c2ccc(F)cc2)C(=O)/C1=C/c1ccc(N(C)C)cc1. The second-order valence-electron chi connectivity index (χ2n) is 6.61. The lowest BCUT2D eigenvalue weighted by atomic mass is 10.0. The molecule has 0 N–H and O–H groups in total. The summed E-state index contributed by atoms with van der Waals surface area (Å²) in [5.41, 5.74) is 3.17. The Morgan fingerprint density at radius 2 is 1.68 bits per heavy atom. The molecular formula is C22H21FN2O3. The normalized spacial score (nSPS) is 15.4. The quantitative estimate of drug-likeness (QED) is 0.599. The van der Waals surface area contributed by atoms with Gasteiger partial charge in [0.15, 0.2) is 0 Å². The number of carbonyl (C=O) groups excluding carboxylic acids is 2. The fourth-order valence-electron chi connectivity index (χ4n) is 3.12. The predicted molar refractivity (Wildman–Crippen MR) is 107 cm³/mol. The molecule has 0 radical (unpaired) electrons. The lowest BCUT2D eigenvalue weighted by Gasteiger charge is -2.17. The van der Waals surface area contributed by atoms with Crippen LogP contribution in [0.2, 0.25) is 0 Å². The standard InChI is InChI=1S/C22H21FN2O3/c1-14-20(22(27)28-4)19(13-15-5-9-17(10-6-15)24(2)3)21(26)25(14)18-11-7-16(23)8-12-18/h5-13H,1-4H3/b19-13+. The van der Waals surface area contributed by atoms with Crippen molar-refractivity contribution in [2.24, 2.45) is 0 Å². The Balaban J connectivity index is 2.07. The van der Waals surface area contributed by atoms with E-state index in [0.29, 0.717) is 11.4 Å². The first kappa shape index (κ1) is 19.4. The third kappa shape index (κ3) is 3.53. The van der Waals surface area contributed by atoms with Crippen LogP contribution in [0.5, 0.6) is 0 Å². The molecule has 3 rings (SSSR count). The first-order valence-corrected chi connectivity index (χ1v) is 8.72. The maximum atomic E-state index is 13.3. The number of ether oxygens (including phenoxy) is 1. The average Bonchev–Trinajstić information content (AvgIpc) is 2.92. The molecule has 144 valence electrons. The van der Waals surface area contributed by atoms with E-state index in [1.54, 1.807) is 13.0 Å². The van der Waals surface area contributed by atoms with Gasteiger partial charge in [0.1, 0.15) is 5.82 Å². The topological polar surface area (TPSA) is 49.9 Å². The van der Waals surface area contributed by atoms with Gasteiger partial charge in [-0.1, -0.05) is 12.1 Å². The van der Waals surface area contributed by atoms with Crippen LogP contribution in [0, 0.1) is 5.82 Å². The zero-order valence-corrected chi connectivity index (χ0v) is 16.2. The first-order chi connectivity index (χ1) is 13.3. The molecule has 0 aromatic heterocycles. The van der Waals surface area contributed by atoms with Gasteiger partial charge in [0, 0.05) is 31.2 Å². The molecule has 0 aliphatic carbocycles. The molecule has 0 saturated carbocycles. The summed E-state index contributed by atoms with van der Waals surface area (Å²) in [6.07, 6.45) is 1.67. The van der Waals surface area contributed by atoms with Gasteiger partial charge in [0.2, 0.25) is 0 Å². The summed E-state index contributed by atoms with van der Waals surface area (Å²) in [4.78, 5) is 28.9. The Hall–Kier alpha value is -3.41. The number of rotatable bonds is 4. The van der Waals surface area contributed by atoms with Gasteiger partial charge in [-0.2, -0.15) is 0 Å². The molecule has 28 heavy (non-hydrogen) atoms. The van der Waals surface area contributed by atoms with E-state index < -0.39 is 11.8 Å². The van der Waals surface area contributed by atoms with Crippen molar-refractivity contribution in [3.8, 4) is 0 Å². The number of hydrogen-bond acceptors (Lipinski definition) is 4. The predicted octanol–water partition coefficient (Wildman–Crippen LogP) is 3.77. The number of allylic oxidation sites excluding steroid dienone is 1. The highest BCUT2D eigenvalue weighted by Gasteiger charge is 2.37. The third-order valence-electron chi connectivity index (χ3n) is 4.59. The van der Waals surface area contributed by atoms with Crippen LogP contribution in [0.15, 0.2) is 65.4 Å². The monoisotopic (exact) mass is 380 g/mol. The zero-order chi connectivity index (χ0) is 20.4. The highest BCUT2D eigenvalue weighted by molar-refractivity contribution is 6.23. The Kier molecular flexibility index (Phi) is 5.31. The van der Waals surface area contributed by atoms with Gasteiger partial charge < -0.3 is 9.64 Å². The minimum absolute atomic E-state index is 0.202. The summed E-state index contributed by atoms with van der Waals surface area (Å²) in [5, 5.41) is 0. The van der Waals surface area contributed by atoms with Crippen molar-refractivity contribution in [2.75, 3.05) is 31.0 Å². The second kappa shape index (κ2) is 7.68. The summed E-state index contributed by atoms with van der Waals surface area (Å²) < 4.78 is 18.2. The van der Waals surface area contributed by atoms with Crippen molar-refractivity contribution in [3.63, 3.8) is 0 Å². The molecule has 5 nitrogen and oxygen atoms in total. The van der Waals surface area contributed by atoms with E-state index in [2.05, 4.69) is 0 Å². The highest BCUT2D eigenvalue weighted by atomic mass is 19.1. The van der Waals surface area contributed by atoms with Crippen molar-refractivity contribution < 1.29 is 18.7 Å². The van der Waals surface area contributed by atoms with Crippen molar-refractivity contribution in [1.29, 1.82) is 0 Å². The Bertz CT molecular complexity index is 974. The summed E-state index contributed by atoms with van der Waals surface area (Å²) >= 11 is 0. The third-order valence-corrected chi connectivity index (χ3v) is 4.59. The highest BCUT2D eigenvalue weighted by Crippen LogP contribution is 2.35. The molecule has 0 spiro atoms. The molecule has 6 heteroatoms. The molecule has 1 aliphatic rings. The Morgan fingerprint density at radius 1 is 1.07 bits per heavy atom. The Morgan fingerprint density at radius 3 is 2.21 bits per heavy atom. The summed E-state index contributed by atoms with van der Waals surface area (Å²) in [6.45, 7) is 1.67. The van der Waals surface area contributed by atoms with E-state index in [9.17, 15) is 14.0 Å². The lowest BCUT2D eigenvalue weighted by Crippen LogP contribution is -2.24. The van der Waals surface area contributed by atoms with Crippen LogP contribution in [-0.4, -0.2) is 33.1 Å². The number of amides is 1. The lowest BCUT2D eigenvalue weighted by molar-refractivity contribution is -0.136. The van der Waals surface area contributed by atoms with Crippen LogP contribution < -0.4 is 9.80 Å². The maximum Gasteiger partial charge on any atom is 0.340 e. The number of carbonyl (C=O) groups is 2. The van der Waals surface area contributed by atoms with E-state index in [1.165, 1.54) is 36.3 Å². The molecule has 2 aromatic rings. The number of halogens is 1. The van der Waals surface area contributed by atoms with E-state index >= 15 is 0 Å².